The first-order valence-electron chi connectivity index (χ1n) is 8.88. The number of fused-ring (bicyclic) bond motifs is 2. The third-order valence-corrected chi connectivity index (χ3v) is 5.23. The lowest BCUT2D eigenvalue weighted by Gasteiger charge is -2.24. The Kier molecular flexibility index (Phi) is 4.03. The van der Waals surface area contributed by atoms with Gasteiger partial charge in [0.15, 0.2) is 5.43 Å². The maximum atomic E-state index is 14.0. The first kappa shape index (κ1) is 17.7. The van der Waals surface area contributed by atoms with Gasteiger partial charge in [-0.25, -0.2) is 4.39 Å². The number of benzene rings is 2. The minimum absolute atomic E-state index is 0.0503. The Morgan fingerprint density at radius 1 is 1.07 bits per heavy atom. The van der Waals surface area contributed by atoms with Gasteiger partial charge in [0.1, 0.15) is 17.2 Å². The lowest BCUT2D eigenvalue weighted by atomic mass is 9.98. The van der Waals surface area contributed by atoms with Crippen LogP contribution in [0.1, 0.15) is 33.5 Å². The van der Waals surface area contributed by atoms with E-state index in [9.17, 15) is 14.0 Å². The molecular weight excluding hydrogens is 397 g/mol. The monoisotopic (exact) mass is 409 g/mol. The molecule has 1 amide bonds. The standard InChI is InChI=1S/C22H13ClFNO4/c23-13-6-7-17-16(10-13)20(26)18-19(12-3-1-4-14(24)9-12)25(22(27)21(18)29-17)11-15-5-2-8-28-15/h1-10,19H,11H2/t19-/m0/s1. The molecule has 5 nitrogen and oxygen atoms in total. The van der Waals surface area contributed by atoms with Crippen molar-refractivity contribution in [1.29, 1.82) is 0 Å². The van der Waals surface area contributed by atoms with E-state index in [0.29, 0.717) is 16.3 Å². The van der Waals surface area contributed by atoms with Crippen molar-refractivity contribution in [1.82, 2.24) is 4.90 Å². The first-order valence-corrected chi connectivity index (χ1v) is 9.26. The lowest BCUT2D eigenvalue weighted by molar-refractivity contribution is 0.0701. The van der Waals surface area contributed by atoms with E-state index in [2.05, 4.69) is 0 Å². The van der Waals surface area contributed by atoms with Crippen LogP contribution >= 0.6 is 11.6 Å². The molecule has 1 aliphatic rings. The molecule has 2 aromatic heterocycles. The largest absolute Gasteiger partial charge is 0.467 e. The summed E-state index contributed by atoms with van der Waals surface area (Å²) in [5.74, 6) is -0.438. The van der Waals surface area contributed by atoms with Crippen molar-refractivity contribution in [3.05, 3.63) is 105 Å². The molecule has 0 unspecified atom stereocenters. The van der Waals surface area contributed by atoms with Crippen molar-refractivity contribution < 1.29 is 18.0 Å². The van der Waals surface area contributed by atoms with Crippen molar-refractivity contribution in [3.8, 4) is 0 Å². The zero-order valence-corrected chi connectivity index (χ0v) is 15.7. The first-order chi connectivity index (χ1) is 14.0. The summed E-state index contributed by atoms with van der Waals surface area (Å²) in [6.45, 7) is 0.105. The summed E-state index contributed by atoms with van der Waals surface area (Å²) in [6, 6.07) is 13.1. The van der Waals surface area contributed by atoms with Gasteiger partial charge in [0.05, 0.1) is 29.8 Å². The molecule has 0 radical (unpaired) electrons. The van der Waals surface area contributed by atoms with E-state index in [-0.39, 0.29) is 34.3 Å². The minimum atomic E-state index is -0.807. The predicted molar refractivity (Wildman–Crippen MR) is 104 cm³/mol. The van der Waals surface area contributed by atoms with Gasteiger partial charge < -0.3 is 13.7 Å². The fourth-order valence-corrected chi connectivity index (χ4v) is 3.92. The molecule has 4 aromatic rings. The van der Waals surface area contributed by atoms with Crippen LogP contribution in [-0.2, 0) is 6.54 Å². The Bertz CT molecular complexity index is 1310. The summed E-state index contributed by atoms with van der Waals surface area (Å²) in [4.78, 5) is 28.0. The molecule has 0 aliphatic carbocycles. The van der Waals surface area contributed by atoms with E-state index in [1.54, 1.807) is 30.3 Å². The zero-order chi connectivity index (χ0) is 20.1. The number of hydrogen-bond donors (Lipinski definition) is 0. The van der Waals surface area contributed by atoms with Crippen LogP contribution in [0.3, 0.4) is 0 Å². The second-order valence-corrected chi connectivity index (χ2v) is 7.22. The molecular formula is C22H13ClFNO4. The maximum Gasteiger partial charge on any atom is 0.291 e. The Labute approximate surface area is 168 Å². The van der Waals surface area contributed by atoms with Crippen molar-refractivity contribution in [2.75, 3.05) is 0 Å². The highest BCUT2D eigenvalue weighted by molar-refractivity contribution is 6.31. The van der Waals surface area contributed by atoms with Gasteiger partial charge in [-0.2, -0.15) is 0 Å². The Balaban J connectivity index is 1.77. The molecule has 3 heterocycles. The predicted octanol–water partition coefficient (Wildman–Crippen LogP) is 4.92. The van der Waals surface area contributed by atoms with Crippen molar-refractivity contribution in [3.63, 3.8) is 0 Å². The molecule has 0 spiro atoms. The Hall–Kier alpha value is -3.38. The number of halogens is 2. The molecule has 0 bridgehead atoms. The molecule has 29 heavy (non-hydrogen) atoms. The van der Waals surface area contributed by atoms with E-state index in [1.807, 2.05) is 0 Å². The summed E-state index contributed by atoms with van der Waals surface area (Å²) in [7, 11) is 0. The van der Waals surface area contributed by atoms with Crippen LogP contribution in [0.2, 0.25) is 5.02 Å². The van der Waals surface area contributed by atoms with Crippen LogP contribution in [0.15, 0.2) is 74.5 Å². The molecule has 144 valence electrons. The van der Waals surface area contributed by atoms with Crippen molar-refractivity contribution in [2.45, 2.75) is 12.6 Å². The van der Waals surface area contributed by atoms with Gasteiger partial charge in [0, 0.05) is 5.02 Å². The van der Waals surface area contributed by atoms with Crippen LogP contribution in [0, 0.1) is 5.82 Å². The van der Waals surface area contributed by atoms with Crippen LogP contribution in [-0.4, -0.2) is 10.8 Å². The summed E-state index contributed by atoms with van der Waals surface area (Å²) >= 11 is 6.05. The summed E-state index contributed by atoms with van der Waals surface area (Å²) in [6.07, 6.45) is 1.50. The molecule has 1 atom stereocenters. The van der Waals surface area contributed by atoms with Crippen molar-refractivity contribution in [2.24, 2.45) is 0 Å². The highest BCUT2D eigenvalue weighted by Gasteiger charge is 2.43. The number of hydrogen-bond acceptors (Lipinski definition) is 4. The Morgan fingerprint density at radius 2 is 1.93 bits per heavy atom. The summed E-state index contributed by atoms with van der Waals surface area (Å²) in [5.41, 5.74) is 0.539. The van der Waals surface area contributed by atoms with Crippen LogP contribution in [0.5, 0.6) is 0 Å². The average Bonchev–Trinajstić information content (AvgIpc) is 3.31. The van der Waals surface area contributed by atoms with E-state index in [0.717, 1.165) is 0 Å². The molecule has 0 saturated heterocycles. The third kappa shape index (κ3) is 2.84. The number of furan rings is 1. The zero-order valence-electron chi connectivity index (χ0n) is 14.9. The maximum absolute atomic E-state index is 14.0. The summed E-state index contributed by atoms with van der Waals surface area (Å²) < 4.78 is 25.2. The molecule has 2 aromatic carbocycles. The van der Waals surface area contributed by atoms with Crippen molar-refractivity contribution >= 4 is 28.5 Å². The smallest absolute Gasteiger partial charge is 0.291 e. The van der Waals surface area contributed by atoms with Gasteiger partial charge in [0.2, 0.25) is 5.76 Å². The van der Waals surface area contributed by atoms with E-state index >= 15 is 0 Å². The van der Waals surface area contributed by atoms with Gasteiger partial charge in [-0.15, -0.1) is 0 Å². The molecule has 7 heteroatoms. The van der Waals surface area contributed by atoms with Crippen LogP contribution < -0.4 is 5.43 Å². The van der Waals surface area contributed by atoms with E-state index in [1.165, 1.54) is 35.4 Å². The molecule has 0 N–H and O–H groups in total. The highest BCUT2D eigenvalue weighted by atomic mass is 35.5. The van der Waals surface area contributed by atoms with E-state index < -0.39 is 17.8 Å². The molecule has 5 rings (SSSR count). The SMILES string of the molecule is O=C1c2oc3ccc(Cl)cc3c(=O)c2[C@H](c2cccc(F)c2)N1Cc1ccco1. The number of rotatable bonds is 3. The second kappa shape index (κ2) is 6.60. The number of carbonyl (C=O) groups excluding carboxylic acids is 1. The van der Waals surface area contributed by atoms with Gasteiger partial charge in [0.25, 0.3) is 5.91 Å². The third-order valence-electron chi connectivity index (χ3n) is 5.00. The molecule has 0 fully saturated rings. The fourth-order valence-electron chi connectivity index (χ4n) is 3.75. The van der Waals surface area contributed by atoms with E-state index in [4.69, 9.17) is 20.4 Å². The lowest BCUT2D eigenvalue weighted by Crippen LogP contribution is -2.29. The highest BCUT2D eigenvalue weighted by Crippen LogP contribution is 2.39. The van der Waals surface area contributed by atoms with Crippen LogP contribution in [0.4, 0.5) is 4.39 Å². The number of amides is 1. The average molecular weight is 410 g/mol. The van der Waals surface area contributed by atoms with Gasteiger partial charge in [-0.05, 0) is 48.0 Å². The van der Waals surface area contributed by atoms with Gasteiger partial charge in [-0.1, -0.05) is 23.7 Å². The molecule has 1 aliphatic heterocycles. The second-order valence-electron chi connectivity index (χ2n) is 6.78. The fraction of sp³-hybridized carbons (Fsp3) is 0.0909. The number of carbonyl (C=O) groups is 1. The Morgan fingerprint density at radius 3 is 2.69 bits per heavy atom. The summed E-state index contributed by atoms with van der Waals surface area (Å²) in [5, 5.41) is 0.647. The van der Waals surface area contributed by atoms with Gasteiger partial charge >= 0.3 is 0 Å². The van der Waals surface area contributed by atoms with Crippen LogP contribution in [0.25, 0.3) is 11.0 Å². The number of nitrogens with zero attached hydrogens (tertiary/aromatic N) is 1. The van der Waals surface area contributed by atoms with Gasteiger partial charge in [-0.3, -0.25) is 9.59 Å². The topological polar surface area (TPSA) is 63.7 Å². The quantitative estimate of drug-likeness (QED) is 0.481. The normalized spacial score (nSPS) is 15.9. The molecule has 0 saturated carbocycles. The minimum Gasteiger partial charge on any atom is -0.467 e.